The molecule has 2 rings (SSSR count). The monoisotopic (exact) mass is 261 g/mol. The fourth-order valence-corrected chi connectivity index (χ4v) is 1.99. The van der Waals surface area contributed by atoms with E-state index in [4.69, 9.17) is 14.6 Å². The summed E-state index contributed by atoms with van der Waals surface area (Å²) in [5.41, 5.74) is -0.187. The first-order valence-corrected chi connectivity index (χ1v) is 6.24. The molecule has 19 heavy (non-hydrogen) atoms. The Labute approximate surface area is 113 Å². The van der Waals surface area contributed by atoms with E-state index in [2.05, 4.69) is 0 Å². The Morgan fingerprint density at radius 3 is 2.16 bits per heavy atom. The maximum atomic E-state index is 14.3. The van der Waals surface area contributed by atoms with E-state index in [0.29, 0.717) is 5.56 Å². The molecule has 0 atom stereocenters. The molecule has 1 aliphatic heterocycles. The van der Waals surface area contributed by atoms with Crippen molar-refractivity contribution in [1.29, 1.82) is 5.26 Å². The minimum atomic E-state index is -0.848. The van der Waals surface area contributed by atoms with Crippen molar-refractivity contribution < 1.29 is 13.7 Å². The van der Waals surface area contributed by atoms with Crippen LogP contribution in [0, 0.1) is 24.1 Å². The third-order valence-corrected chi connectivity index (χ3v) is 3.98. The van der Waals surface area contributed by atoms with Gasteiger partial charge in [0.1, 0.15) is 5.82 Å². The number of rotatable bonds is 1. The molecule has 0 aliphatic carbocycles. The maximum absolute atomic E-state index is 14.3. The predicted octanol–water partition coefficient (Wildman–Crippen LogP) is 2.31. The van der Waals surface area contributed by atoms with Crippen molar-refractivity contribution in [2.24, 2.45) is 0 Å². The van der Waals surface area contributed by atoms with Crippen molar-refractivity contribution in [2.45, 2.75) is 45.8 Å². The average molecular weight is 261 g/mol. The first kappa shape index (κ1) is 14.0. The molecule has 1 aromatic rings. The van der Waals surface area contributed by atoms with Gasteiger partial charge in [-0.05, 0) is 46.2 Å². The molecule has 0 bridgehead atoms. The van der Waals surface area contributed by atoms with Gasteiger partial charge in [-0.3, -0.25) is 0 Å². The summed E-state index contributed by atoms with van der Waals surface area (Å²) < 4.78 is 25.9. The van der Waals surface area contributed by atoms with Gasteiger partial charge >= 0.3 is 7.12 Å². The highest BCUT2D eigenvalue weighted by Gasteiger charge is 2.53. The minimum Gasteiger partial charge on any atom is -0.399 e. The van der Waals surface area contributed by atoms with Crippen LogP contribution < -0.4 is 5.46 Å². The van der Waals surface area contributed by atoms with Gasteiger partial charge in [0.2, 0.25) is 0 Å². The Kier molecular flexibility index (Phi) is 3.20. The number of hydrogen-bond acceptors (Lipinski definition) is 3. The standard InChI is InChI=1S/C14H17BFNO2/c1-9-6-7-10(8-17)11(12(9)16)15-18-13(2,3)14(4,5)19-15/h6-7H,1-5H3. The van der Waals surface area contributed by atoms with E-state index in [9.17, 15) is 4.39 Å². The lowest BCUT2D eigenvalue weighted by Crippen LogP contribution is -2.41. The van der Waals surface area contributed by atoms with Gasteiger partial charge in [-0.15, -0.1) is 0 Å². The molecule has 0 saturated carbocycles. The van der Waals surface area contributed by atoms with Crippen LogP contribution in [0.25, 0.3) is 0 Å². The Bertz CT molecular complexity index is 547. The molecule has 0 N–H and O–H groups in total. The van der Waals surface area contributed by atoms with Crippen LogP contribution >= 0.6 is 0 Å². The third-order valence-electron chi connectivity index (χ3n) is 3.98. The van der Waals surface area contributed by atoms with Crippen LogP contribution in [0.3, 0.4) is 0 Å². The second-order valence-corrected chi connectivity index (χ2v) is 5.86. The molecule has 1 heterocycles. The summed E-state index contributed by atoms with van der Waals surface area (Å²) in [7, 11) is -0.848. The molecule has 1 aliphatic rings. The quantitative estimate of drug-likeness (QED) is 0.728. The molecule has 0 amide bonds. The van der Waals surface area contributed by atoms with Gasteiger partial charge < -0.3 is 9.31 Å². The molecule has 0 aromatic heterocycles. The smallest absolute Gasteiger partial charge is 0.399 e. The molecule has 0 spiro atoms. The van der Waals surface area contributed by atoms with E-state index >= 15 is 0 Å². The lowest BCUT2D eigenvalue weighted by Gasteiger charge is -2.32. The van der Waals surface area contributed by atoms with Gasteiger partial charge in [-0.25, -0.2) is 4.39 Å². The highest BCUT2D eigenvalue weighted by atomic mass is 19.1. The summed E-state index contributed by atoms with van der Waals surface area (Å²) in [4.78, 5) is 0. The number of aryl methyl sites for hydroxylation is 1. The van der Waals surface area contributed by atoms with Crippen LogP contribution in [-0.4, -0.2) is 18.3 Å². The highest BCUT2D eigenvalue weighted by molar-refractivity contribution is 6.63. The number of benzene rings is 1. The Balaban J connectivity index is 2.51. The zero-order valence-corrected chi connectivity index (χ0v) is 11.9. The third kappa shape index (κ3) is 2.15. The number of halogens is 1. The van der Waals surface area contributed by atoms with E-state index in [1.807, 2.05) is 33.8 Å². The molecule has 1 saturated heterocycles. The zero-order chi connectivity index (χ0) is 14.4. The predicted molar refractivity (Wildman–Crippen MR) is 71.6 cm³/mol. The molecular formula is C14H17BFNO2. The van der Waals surface area contributed by atoms with Gasteiger partial charge in [0.25, 0.3) is 0 Å². The summed E-state index contributed by atoms with van der Waals surface area (Å²) in [6.07, 6.45) is 0. The number of hydrogen-bond donors (Lipinski definition) is 0. The zero-order valence-electron chi connectivity index (χ0n) is 11.9. The maximum Gasteiger partial charge on any atom is 0.499 e. The second kappa shape index (κ2) is 4.33. The molecule has 1 aromatic carbocycles. The lowest BCUT2D eigenvalue weighted by atomic mass is 9.75. The van der Waals surface area contributed by atoms with Gasteiger partial charge in [-0.2, -0.15) is 5.26 Å². The fraction of sp³-hybridized carbons (Fsp3) is 0.500. The van der Waals surface area contributed by atoms with Crippen LogP contribution in [0.15, 0.2) is 12.1 Å². The fourth-order valence-electron chi connectivity index (χ4n) is 1.99. The molecule has 100 valence electrons. The van der Waals surface area contributed by atoms with Crippen LogP contribution in [0.4, 0.5) is 4.39 Å². The summed E-state index contributed by atoms with van der Waals surface area (Å²) in [6.45, 7) is 9.24. The van der Waals surface area contributed by atoms with Crippen molar-refractivity contribution in [3.63, 3.8) is 0 Å². The van der Waals surface area contributed by atoms with Crippen LogP contribution in [0.2, 0.25) is 0 Å². The van der Waals surface area contributed by atoms with Crippen molar-refractivity contribution in [3.05, 3.63) is 29.1 Å². The molecule has 3 nitrogen and oxygen atoms in total. The molecule has 1 fully saturated rings. The number of nitrogens with zero attached hydrogens (tertiary/aromatic N) is 1. The highest BCUT2D eigenvalue weighted by Crippen LogP contribution is 2.37. The van der Waals surface area contributed by atoms with Crippen molar-refractivity contribution in [3.8, 4) is 6.07 Å². The Morgan fingerprint density at radius 1 is 1.16 bits per heavy atom. The summed E-state index contributed by atoms with van der Waals surface area (Å²) in [5, 5.41) is 9.13. The van der Waals surface area contributed by atoms with Crippen LogP contribution in [0.5, 0.6) is 0 Å². The van der Waals surface area contributed by atoms with Crippen LogP contribution in [0.1, 0.15) is 38.8 Å². The number of nitriles is 1. The average Bonchev–Trinajstić information content (AvgIpc) is 2.51. The normalized spacial score (nSPS) is 20.4. The van der Waals surface area contributed by atoms with E-state index in [1.54, 1.807) is 19.1 Å². The topological polar surface area (TPSA) is 42.2 Å². The molecule has 5 heteroatoms. The van der Waals surface area contributed by atoms with Gasteiger partial charge in [0, 0.05) is 5.46 Å². The summed E-state index contributed by atoms with van der Waals surface area (Å²) >= 11 is 0. The van der Waals surface area contributed by atoms with E-state index in [-0.39, 0.29) is 11.0 Å². The van der Waals surface area contributed by atoms with Crippen molar-refractivity contribution in [1.82, 2.24) is 0 Å². The van der Waals surface area contributed by atoms with E-state index in [1.165, 1.54) is 0 Å². The van der Waals surface area contributed by atoms with Gasteiger partial charge in [-0.1, -0.05) is 6.07 Å². The van der Waals surface area contributed by atoms with Gasteiger partial charge in [0.05, 0.1) is 22.8 Å². The molecule has 0 radical (unpaired) electrons. The summed E-state index contributed by atoms with van der Waals surface area (Å²) in [6, 6.07) is 5.18. The largest absolute Gasteiger partial charge is 0.499 e. The van der Waals surface area contributed by atoms with Crippen LogP contribution in [-0.2, 0) is 9.31 Å². The first-order chi connectivity index (χ1) is 8.69. The SMILES string of the molecule is Cc1ccc(C#N)c(B2OC(C)(C)C(C)(C)O2)c1F. The Morgan fingerprint density at radius 2 is 1.68 bits per heavy atom. The lowest BCUT2D eigenvalue weighted by molar-refractivity contribution is 0.00578. The van der Waals surface area contributed by atoms with Gasteiger partial charge in [0.15, 0.2) is 0 Å². The minimum absolute atomic E-state index is 0.196. The Hall–Kier alpha value is -1.38. The van der Waals surface area contributed by atoms with E-state index in [0.717, 1.165) is 0 Å². The van der Waals surface area contributed by atoms with Crippen molar-refractivity contribution >= 4 is 12.6 Å². The summed E-state index contributed by atoms with van der Waals surface area (Å²) in [5.74, 6) is -0.433. The molecular weight excluding hydrogens is 244 g/mol. The first-order valence-electron chi connectivity index (χ1n) is 6.24. The van der Waals surface area contributed by atoms with Crippen molar-refractivity contribution in [2.75, 3.05) is 0 Å². The second-order valence-electron chi connectivity index (χ2n) is 5.86. The molecule has 0 unspecified atom stereocenters. The van der Waals surface area contributed by atoms with E-state index < -0.39 is 24.1 Å².